The van der Waals surface area contributed by atoms with Gasteiger partial charge in [-0.2, -0.15) is 4.98 Å². The lowest BCUT2D eigenvalue weighted by Crippen LogP contribution is -1.95. The number of ether oxygens (including phenoxy) is 1. The van der Waals surface area contributed by atoms with Crippen LogP contribution in [0.3, 0.4) is 0 Å². The molecule has 7 heteroatoms. The molecule has 0 N–H and O–H groups in total. The van der Waals surface area contributed by atoms with Gasteiger partial charge < -0.3 is 9.26 Å². The highest BCUT2D eigenvalue weighted by molar-refractivity contribution is 9.08. The Labute approximate surface area is 184 Å². The molecule has 0 fully saturated rings. The number of benzene rings is 2. The summed E-state index contributed by atoms with van der Waals surface area (Å²) in [6.07, 6.45) is 0. The van der Waals surface area contributed by atoms with Crippen molar-refractivity contribution in [2.75, 3.05) is 0 Å². The van der Waals surface area contributed by atoms with E-state index in [9.17, 15) is 0 Å². The summed E-state index contributed by atoms with van der Waals surface area (Å²) in [7, 11) is 0. The molecule has 2 heterocycles. The van der Waals surface area contributed by atoms with Gasteiger partial charge in [0.05, 0.1) is 10.2 Å². The second-order valence-corrected chi connectivity index (χ2v) is 7.75. The summed E-state index contributed by atoms with van der Waals surface area (Å²) < 4.78 is 10.6. The van der Waals surface area contributed by atoms with Crippen LogP contribution in [-0.4, -0.2) is 10.1 Å². The Morgan fingerprint density at radius 3 is 2.39 bits per heavy atom. The van der Waals surface area contributed by atoms with Crippen LogP contribution in [0.2, 0.25) is 0 Å². The molecule has 0 radical (unpaired) electrons. The molecular formula is C21H18Br2N2O2S. The van der Waals surface area contributed by atoms with Gasteiger partial charge in [-0.1, -0.05) is 85.5 Å². The molecule has 4 aromatic rings. The van der Waals surface area contributed by atoms with E-state index in [-0.39, 0.29) is 0 Å². The average molecular weight is 522 g/mol. The monoisotopic (exact) mass is 520 g/mol. The lowest BCUT2D eigenvalue weighted by atomic mass is 10.2. The Kier molecular flexibility index (Phi) is 8.26. The normalized spacial score (nSPS) is 10.2. The Morgan fingerprint density at radius 1 is 0.893 bits per heavy atom. The highest BCUT2D eigenvalue weighted by Gasteiger charge is 2.07. The lowest BCUT2D eigenvalue weighted by Gasteiger charge is -2.07. The van der Waals surface area contributed by atoms with Crippen LogP contribution >= 0.6 is 43.2 Å². The highest BCUT2D eigenvalue weighted by atomic mass is 79.9. The van der Waals surface area contributed by atoms with Crippen LogP contribution in [0.1, 0.15) is 17.0 Å². The van der Waals surface area contributed by atoms with Gasteiger partial charge in [-0.25, -0.2) is 0 Å². The molecule has 0 unspecified atom stereocenters. The van der Waals surface area contributed by atoms with Crippen LogP contribution in [0, 0.1) is 0 Å². The summed E-state index contributed by atoms with van der Waals surface area (Å²) in [5, 5.41) is 7.27. The minimum absolute atomic E-state index is 0.603. The number of rotatable bonds is 6. The van der Waals surface area contributed by atoms with Gasteiger partial charge in [0.15, 0.2) is 0 Å². The van der Waals surface area contributed by atoms with Crippen molar-refractivity contribution in [2.45, 2.75) is 17.3 Å². The molecule has 0 bridgehead atoms. The quantitative estimate of drug-likeness (QED) is 0.260. The third kappa shape index (κ3) is 6.29. The van der Waals surface area contributed by atoms with Gasteiger partial charge in [0.25, 0.3) is 0 Å². The third-order valence-electron chi connectivity index (χ3n) is 3.63. The standard InChI is InChI=1S/C14H13BrO.C7H5BrN2OS/c15-10-13-7-4-8-14(9-13)16-11-12-5-2-1-3-6-12;8-4-6-9-7(10-11-6)5-2-1-3-12-5/h1-9H,10-11H2;1-3H,4H2. The first kappa shape index (κ1) is 20.8. The summed E-state index contributed by atoms with van der Waals surface area (Å²) in [6.45, 7) is 0.618. The number of hydrogen-bond donors (Lipinski definition) is 0. The molecule has 2 aromatic carbocycles. The predicted molar refractivity (Wildman–Crippen MR) is 120 cm³/mol. The number of nitrogens with zero attached hydrogens (tertiary/aromatic N) is 2. The van der Waals surface area contributed by atoms with Crippen LogP contribution in [0.25, 0.3) is 10.7 Å². The summed E-state index contributed by atoms with van der Waals surface area (Å²) in [6, 6.07) is 22.2. The molecule has 28 heavy (non-hydrogen) atoms. The number of alkyl halides is 2. The van der Waals surface area contributed by atoms with Crippen LogP contribution in [0.5, 0.6) is 5.75 Å². The maximum atomic E-state index is 5.71. The zero-order chi connectivity index (χ0) is 19.6. The number of hydrogen-bond acceptors (Lipinski definition) is 5. The van der Waals surface area contributed by atoms with Crippen LogP contribution in [0.15, 0.2) is 76.6 Å². The molecule has 0 aliphatic heterocycles. The average Bonchev–Trinajstić information content (AvgIpc) is 3.45. The third-order valence-corrected chi connectivity index (χ3v) is 5.62. The van der Waals surface area contributed by atoms with Crippen molar-refractivity contribution in [3.8, 4) is 16.5 Å². The van der Waals surface area contributed by atoms with E-state index in [4.69, 9.17) is 9.26 Å². The first-order valence-corrected chi connectivity index (χ1v) is 11.6. The molecule has 2 aromatic heterocycles. The maximum Gasteiger partial charge on any atom is 0.237 e. The fourth-order valence-corrected chi connectivity index (χ4v) is 3.50. The van der Waals surface area contributed by atoms with Crippen molar-refractivity contribution >= 4 is 43.2 Å². The number of thiophene rings is 1. The van der Waals surface area contributed by atoms with Gasteiger partial charge in [-0.15, -0.1) is 11.3 Å². The van der Waals surface area contributed by atoms with Crippen molar-refractivity contribution in [3.63, 3.8) is 0 Å². The van der Waals surface area contributed by atoms with Gasteiger partial charge in [0.1, 0.15) is 12.4 Å². The molecule has 0 saturated heterocycles. The summed E-state index contributed by atoms with van der Waals surface area (Å²) in [4.78, 5) is 5.19. The number of halogens is 2. The second-order valence-electron chi connectivity index (χ2n) is 5.68. The lowest BCUT2D eigenvalue weighted by molar-refractivity contribution is 0.306. The zero-order valence-electron chi connectivity index (χ0n) is 14.9. The fourth-order valence-electron chi connectivity index (χ4n) is 2.27. The molecule has 0 aliphatic carbocycles. The van der Waals surface area contributed by atoms with Gasteiger partial charge in [0, 0.05) is 5.33 Å². The summed E-state index contributed by atoms with van der Waals surface area (Å²) in [5.41, 5.74) is 2.41. The van der Waals surface area contributed by atoms with E-state index < -0.39 is 0 Å². The van der Waals surface area contributed by atoms with Gasteiger partial charge >= 0.3 is 0 Å². The van der Waals surface area contributed by atoms with Gasteiger partial charge in [-0.3, -0.25) is 0 Å². The Hall–Kier alpha value is -1.96. The SMILES string of the molecule is BrCc1cccc(OCc2ccccc2)c1.BrCc1nc(-c2cccs2)no1. The predicted octanol–water partition coefficient (Wildman–Crippen LogP) is 6.85. The molecule has 0 amide bonds. The van der Waals surface area contributed by atoms with Crippen molar-refractivity contribution in [1.82, 2.24) is 10.1 Å². The van der Waals surface area contributed by atoms with Crippen LogP contribution < -0.4 is 4.74 Å². The molecule has 4 nitrogen and oxygen atoms in total. The van der Waals surface area contributed by atoms with E-state index in [0.29, 0.717) is 23.7 Å². The molecule has 0 aliphatic rings. The zero-order valence-corrected chi connectivity index (χ0v) is 18.9. The Balaban J connectivity index is 0.000000167. The Morgan fingerprint density at radius 2 is 1.71 bits per heavy atom. The van der Waals surface area contributed by atoms with E-state index in [2.05, 4.69) is 66.3 Å². The maximum absolute atomic E-state index is 5.71. The van der Waals surface area contributed by atoms with E-state index >= 15 is 0 Å². The molecule has 0 atom stereocenters. The molecular weight excluding hydrogens is 504 g/mol. The van der Waals surface area contributed by atoms with Crippen LogP contribution in [-0.2, 0) is 17.3 Å². The number of aromatic nitrogens is 2. The minimum atomic E-state index is 0.603. The van der Waals surface area contributed by atoms with E-state index in [0.717, 1.165) is 16.0 Å². The van der Waals surface area contributed by atoms with Crippen molar-refractivity contribution < 1.29 is 9.26 Å². The van der Waals surface area contributed by atoms with E-state index in [1.54, 1.807) is 11.3 Å². The van der Waals surface area contributed by atoms with E-state index in [1.165, 1.54) is 11.1 Å². The summed E-state index contributed by atoms with van der Waals surface area (Å²) >= 11 is 8.27. The van der Waals surface area contributed by atoms with E-state index in [1.807, 2.05) is 47.8 Å². The molecule has 0 spiro atoms. The molecule has 0 saturated carbocycles. The smallest absolute Gasteiger partial charge is 0.237 e. The Bertz CT molecular complexity index is 959. The molecule has 144 valence electrons. The summed E-state index contributed by atoms with van der Waals surface area (Å²) in [5.74, 6) is 2.19. The highest BCUT2D eigenvalue weighted by Crippen LogP contribution is 2.21. The van der Waals surface area contributed by atoms with Crippen molar-refractivity contribution in [1.29, 1.82) is 0 Å². The second kappa shape index (κ2) is 11.1. The first-order valence-electron chi connectivity index (χ1n) is 8.52. The molecule has 4 rings (SSSR count). The topological polar surface area (TPSA) is 48.2 Å². The van der Waals surface area contributed by atoms with Gasteiger partial charge in [-0.05, 0) is 34.7 Å². The van der Waals surface area contributed by atoms with Crippen LogP contribution in [0.4, 0.5) is 0 Å². The fraction of sp³-hybridized carbons (Fsp3) is 0.143. The van der Waals surface area contributed by atoms with Crippen molar-refractivity contribution in [3.05, 3.63) is 89.1 Å². The minimum Gasteiger partial charge on any atom is -0.489 e. The largest absolute Gasteiger partial charge is 0.489 e. The van der Waals surface area contributed by atoms with Crippen molar-refractivity contribution in [2.24, 2.45) is 0 Å². The first-order chi connectivity index (χ1) is 13.8. The van der Waals surface area contributed by atoms with Gasteiger partial charge in [0.2, 0.25) is 11.7 Å².